The van der Waals surface area contributed by atoms with Gasteiger partial charge in [-0.25, -0.2) is 8.78 Å². The lowest BCUT2D eigenvalue weighted by Gasteiger charge is -2.18. The number of benzene rings is 1. The Balaban J connectivity index is 2.06. The predicted octanol–water partition coefficient (Wildman–Crippen LogP) is 3.57. The van der Waals surface area contributed by atoms with Crippen molar-refractivity contribution in [3.63, 3.8) is 0 Å². The summed E-state index contributed by atoms with van der Waals surface area (Å²) in [4.78, 5) is 5.23. The minimum atomic E-state index is -0.535. The number of halogens is 2. The molecule has 1 N–H and O–H groups in total. The fraction of sp³-hybridized carbons (Fsp3) is 0.400. The SMILES string of the molecule is CCCNC(Cc1cncs1)Cc1ccc(F)cc1F. The second-order valence-corrected chi connectivity index (χ2v) is 5.73. The molecule has 5 heteroatoms. The summed E-state index contributed by atoms with van der Waals surface area (Å²) in [6, 6.07) is 3.91. The van der Waals surface area contributed by atoms with Crippen molar-refractivity contribution in [2.75, 3.05) is 6.54 Å². The zero-order valence-corrected chi connectivity index (χ0v) is 12.2. The zero-order valence-electron chi connectivity index (χ0n) is 11.4. The van der Waals surface area contributed by atoms with Crippen molar-refractivity contribution in [2.45, 2.75) is 32.2 Å². The maximum Gasteiger partial charge on any atom is 0.129 e. The molecule has 2 aromatic rings. The highest BCUT2D eigenvalue weighted by Gasteiger charge is 2.14. The first-order valence-electron chi connectivity index (χ1n) is 6.73. The van der Waals surface area contributed by atoms with Gasteiger partial charge in [-0.3, -0.25) is 4.98 Å². The molecule has 0 aliphatic heterocycles. The quantitative estimate of drug-likeness (QED) is 0.845. The highest BCUT2D eigenvalue weighted by atomic mass is 32.1. The number of nitrogens with one attached hydrogen (secondary N) is 1. The molecule has 2 nitrogen and oxygen atoms in total. The van der Waals surface area contributed by atoms with Crippen LogP contribution in [0.5, 0.6) is 0 Å². The van der Waals surface area contributed by atoms with E-state index in [1.54, 1.807) is 16.8 Å². The molecule has 108 valence electrons. The van der Waals surface area contributed by atoms with E-state index in [2.05, 4.69) is 17.2 Å². The van der Waals surface area contributed by atoms with Crippen LogP contribution >= 0.6 is 11.3 Å². The van der Waals surface area contributed by atoms with Crippen LogP contribution in [0.25, 0.3) is 0 Å². The Bertz CT molecular complexity index is 529. The Labute approximate surface area is 121 Å². The minimum Gasteiger partial charge on any atom is -0.313 e. The van der Waals surface area contributed by atoms with E-state index < -0.39 is 11.6 Å². The van der Waals surface area contributed by atoms with Gasteiger partial charge in [0.2, 0.25) is 0 Å². The topological polar surface area (TPSA) is 24.9 Å². The summed E-state index contributed by atoms with van der Waals surface area (Å²) >= 11 is 1.60. The molecule has 0 aliphatic carbocycles. The lowest BCUT2D eigenvalue weighted by atomic mass is 10.0. The Morgan fingerprint density at radius 3 is 2.80 bits per heavy atom. The first-order chi connectivity index (χ1) is 9.69. The molecular formula is C15H18F2N2S. The van der Waals surface area contributed by atoms with E-state index >= 15 is 0 Å². The zero-order chi connectivity index (χ0) is 14.4. The van der Waals surface area contributed by atoms with E-state index in [1.165, 1.54) is 17.0 Å². The summed E-state index contributed by atoms with van der Waals surface area (Å²) in [7, 11) is 0. The van der Waals surface area contributed by atoms with Gasteiger partial charge in [0.05, 0.1) is 5.51 Å². The first-order valence-corrected chi connectivity index (χ1v) is 7.61. The van der Waals surface area contributed by atoms with Gasteiger partial charge < -0.3 is 5.32 Å². The Morgan fingerprint density at radius 2 is 2.15 bits per heavy atom. The molecule has 0 saturated carbocycles. The summed E-state index contributed by atoms with van der Waals surface area (Å²) in [5.41, 5.74) is 2.34. The monoisotopic (exact) mass is 296 g/mol. The standard InChI is InChI=1S/C15H18F2N2S/c1-2-5-19-13(8-14-9-18-10-20-14)6-11-3-4-12(16)7-15(11)17/h3-4,7,9-10,13,19H,2,5-6,8H2,1H3. The summed E-state index contributed by atoms with van der Waals surface area (Å²) in [6.07, 6.45) is 4.21. The largest absolute Gasteiger partial charge is 0.313 e. The van der Waals surface area contributed by atoms with Gasteiger partial charge in [-0.15, -0.1) is 11.3 Å². The lowest BCUT2D eigenvalue weighted by molar-refractivity contribution is 0.491. The molecule has 0 aliphatic rings. The predicted molar refractivity (Wildman–Crippen MR) is 78.0 cm³/mol. The van der Waals surface area contributed by atoms with Gasteiger partial charge >= 0.3 is 0 Å². The van der Waals surface area contributed by atoms with Crippen LogP contribution in [0.2, 0.25) is 0 Å². The third kappa shape index (κ3) is 4.35. The average Bonchev–Trinajstić information content (AvgIpc) is 2.92. The van der Waals surface area contributed by atoms with Crippen molar-refractivity contribution in [3.8, 4) is 0 Å². The fourth-order valence-electron chi connectivity index (χ4n) is 2.10. The van der Waals surface area contributed by atoms with Gasteiger partial charge in [-0.2, -0.15) is 0 Å². The summed E-state index contributed by atoms with van der Waals surface area (Å²) in [5, 5.41) is 3.42. The van der Waals surface area contributed by atoms with Crippen molar-refractivity contribution in [1.82, 2.24) is 10.3 Å². The van der Waals surface area contributed by atoms with Gasteiger partial charge in [0.25, 0.3) is 0 Å². The van der Waals surface area contributed by atoms with Gasteiger partial charge in [-0.1, -0.05) is 13.0 Å². The van der Waals surface area contributed by atoms with E-state index in [0.29, 0.717) is 12.0 Å². The van der Waals surface area contributed by atoms with Gasteiger partial charge in [0.1, 0.15) is 11.6 Å². The number of rotatable bonds is 7. The van der Waals surface area contributed by atoms with Crippen LogP contribution in [0.1, 0.15) is 23.8 Å². The fourth-order valence-corrected chi connectivity index (χ4v) is 2.78. The van der Waals surface area contributed by atoms with Crippen LogP contribution in [0, 0.1) is 11.6 Å². The Morgan fingerprint density at radius 1 is 1.30 bits per heavy atom. The Kier molecular flexibility index (Phi) is 5.61. The van der Waals surface area contributed by atoms with E-state index in [-0.39, 0.29) is 6.04 Å². The highest BCUT2D eigenvalue weighted by Crippen LogP contribution is 2.15. The van der Waals surface area contributed by atoms with Crippen LogP contribution in [0.3, 0.4) is 0 Å². The normalized spacial score (nSPS) is 12.6. The van der Waals surface area contributed by atoms with E-state index in [1.807, 2.05) is 6.20 Å². The molecule has 20 heavy (non-hydrogen) atoms. The molecule has 1 heterocycles. The molecule has 1 atom stereocenters. The average molecular weight is 296 g/mol. The third-order valence-electron chi connectivity index (χ3n) is 3.10. The molecule has 1 aromatic heterocycles. The van der Waals surface area contributed by atoms with Gasteiger partial charge in [0.15, 0.2) is 0 Å². The highest BCUT2D eigenvalue weighted by molar-refractivity contribution is 7.09. The molecule has 0 fully saturated rings. The second-order valence-electron chi connectivity index (χ2n) is 4.76. The molecule has 0 saturated heterocycles. The van der Waals surface area contributed by atoms with Crippen molar-refractivity contribution < 1.29 is 8.78 Å². The molecule has 1 aromatic carbocycles. The maximum absolute atomic E-state index is 13.7. The van der Waals surface area contributed by atoms with Crippen molar-refractivity contribution >= 4 is 11.3 Å². The number of aromatic nitrogens is 1. The summed E-state index contributed by atoms with van der Waals surface area (Å²) in [5.74, 6) is -1.01. The van der Waals surface area contributed by atoms with Crippen LogP contribution in [0.4, 0.5) is 8.78 Å². The molecule has 0 radical (unpaired) electrons. The van der Waals surface area contributed by atoms with Crippen LogP contribution < -0.4 is 5.32 Å². The number of hydrogen-bond donors (Lipinski definition) is 1. The first kappa shape index (κ1) is 15.1. The summed E-state index contributed by atoms with van der Waals surface area (Å²) < 4.78 is 26.7. The van der Waals surface area contributed by atoms with Gasteiger partial charge in [0, 0.05) is 23.2 Å². The maximum atomic E-state index is 13.7. The molecule has 0 spiro atoms. The number of thiazole rings is 1. The smallest absolute Gasteiger partial charge is 0.129 e. The van der Waals surface area contributed by atoms with E-state index in [9.17, 15) is 8.78 Å². The minimum absolute atomic E-state index is 0.135. The molecular weight excluding hydrogens is 278 g/mol. The molecule has 0 bridgehead atoms. The summed E-state index contributed by atoms with van der Waals surface area (Å²) in [6.45, 7) is 2.97. The Hall–Kier alpha value is -1.33. The van der Waals surface area contributed by atoms with Crippen molar-refractivity contribution in [2.24, 2.45) is 0 Å². The van der Waals surface area contributed by atoms with Crippen molar-refractivity contribution in [1.29, 1.82) is 0 Å². The van der Waals surface area contributed by atoms with Crippen LogP contribution in [-0.4, -0.2) is 17.6 Å². The number of nitrogens with zero attached hydrogens (tertiary/aromatic N) is 1. The second kappa shape index (κ2) is 7.45. The third-order valence-corrected chi connectivity index (χ3v) is 3.90. The van der Waals surface area contributed by atoms with Gasteiger partial charge in [-0.05, 0) is 37.4 Å². The molecule has 2 rings (SSSR count). The number of hydrogen-bond acceptors (Lipinski definition) is 3. The van der Waals surface area contributed by atoms with Crippen LogP contribution in [0.15, 0.2) is 29.9 Å². The van der Waals surface area contributed by atoms with Crippen LogP contribution in [-0.2, 0) is 12.8 Å². The lowest BCUT2D eigenvalue weighted by Crippen LogP contribution is -2.33. The van der Waals surface area contributed by atoms with Crippen molar-refractivity contribution in [3.05, 3.63) is 52.0 Å². The van der Waals surface area contributed by atoms with E-state index in [4.69, 9.17) is 0 Å². The molecule has 0 amide bonds. The van der Waals surface area contributed by atoms with E-state index in [0.717, 1.165) is 25.5 Å². The molecule has 1 unspecified atom stereocenters.